The lowest BCUT2D eigenvalue weighted by Gasteiger charge is -2.60. The van der Waals surface area contributed by atoms with Crippen LogP contribution in [0.25, 0.3) is 0 Å². The third-order valence-corrected chi connectivity index (χ3v) is 4.46. The Bertz CT molecular complexity index is 227. The Balaban J connectivity index is 2.07. The fourth-order valence-corrected chi connectivity index (χ4v) is 3.30. The first kappa shape index (κ1) is 8.97. The molecule has 4 atom stereocenters. The topological polar surface area (TPSA) is 38.7 Å². The second kappa shape index (κ2) is 2.69. The average Bonchev–Trinajstić information content (AvgIpc) is 2.08. The van der Waals surface area contributed by atoms with Crippen LogP contribution in [0.2, 0.25) is 0 Å². The summed E-state index contributed by atoms with van der Waals surface area (Å²) < 4.78 is 0. The summed E-state index contributed by atoms with van der Waals surface area (Å²) in [6.07, 6.45) is 2.40. The second-order valence-corrected chi connectivity index (χ2v) is 5.17. The van der Waals surface area contributed by atoms with E-state index in [9.17, 15) is 4.91 Å². The van der Waals surface area contributed by atoms with Crippen LogP contribution in [0.1, 0.15) is 33.6 Å². The molecular weight excluding hydrogens is 166 g/mol. The van der Waals surface area contributed by atoms with Gasteiger partial charge in [-0.15, -0.1) is 4.91 Å². The van der Waals surface area contributed by atoms with Gasteiger partial charge in [-0.1, -0.05) is 20.8 Å². The zero-order valence-corrected chi connectivity index (χ0v) is 8.49. The van der Waals surface area contributed by atoms with Gasteiger partial charge >= 0.3 is 0 Å². The highest BCUT2D eigenvalue weighted by Crippen LogP contribution is 2.61. The standard InChI is InChI=1S/C10H17NO2/c1-6-8-4-7(10(8,2)3)5-9(6)13-11-12/h6-9H,4-5H2,1-3H3/t6-,7+,8-,9?/m0/s1. The molecule has 3 aliphatic rings. The van der Waals surface area contributed by atoms with Crippen LogP contribution in [0.15, 0.2) is 5.34 Å². The minimum atomic E-state index is 0.0780. The van der Waals surface area contributed by atoms with Crippen LogP contribution < -0.4 is 0 Å². The highest BCUT2D eigenvalue weighted by molar-refractivity contribution is 5.05. The van der Waals surface area contributed by atoms with E-state index in [4.69, 9.17) is 4.84 Å². The highest BCUT2D eigenvalue weighted by atomic mass is 16.7. The Morgan fingerprint density at radius 3 is 2.54 bits per heavy atom. The molecule has 0 N–H and O–H groups in total. The molecule has 0 aromatic rings. The summed E-state index contributed by atoms with van der Waals surface area (Å²) >= 11 is 0. The first-order valence-corrected chi connectivity index (χ1v) is 5.06. The van der Waals surface area contributed by atoms with Gasteiger partial charge in [-0.25, -0.2) is 0 Å². The maximum Gasteiger partial charge on any atom is 0.155 e. The van der Waals surface area contributed by atoms with Crippen molar-refractivity contribution in [2.75, 3.05) is 0 Å². The third kappa shape index (κ3) is 1.09. The molecule has 3 fully saturated rings. The molecule has 0 radical (unpaired) electrons. The van der Waals surface area contributed by atoms with Crippen molar-refractivity contribution in [2.24, 2.45) is 28.5 Å². The summed E-state index contributed by atoms with van der Waals surface area (Å²) in [7, 11) is 0. The van der Waals surface area contributed by atoms with Crippen LogP contribution in [0.3, 0.4) is 0 Å². The van der Waals surface area contributed by atoms with E-state index in [0.717, 1.165) is 18.3 Å². The average molecular weight is 183 g/mol. The van der Waals surface area contributed by atoms with E-state index >= 15 is 0 Å². The van der Waals surface area contributed by atoms with Crippen molar-refractivity contribution in [1.29, 1.82) is 0 Å². The molecule has 3 rings (SSSR count). The summed E-state index contributed by atoms with van der Waals surface area (Å²) in [5, 5.41) is 2.56. The molecule has 3 saturated carbocycles. The SMILES string of the molecule is C[C@@H]1C(ON=O)C[C@H]2C[C@@H]1C2(C)C. The fraction of sp³-hybridized carbons (Fsp3) is 1.00. The molecule has 0 spiro atoms. The Hall–Kier alpha value is -0.600. The minimum Gasteiger partial charge on any atom is -0.360 e. The van der Waals surface area contributed by atoms with Gasteiger partial charge in [-0.05, 0) is 36.0 Å². The lowest BCUT2D eigenvalue weighted by Crippen LogP contribution is -2.56. The molecule has 0 heterocycles. The molecular formula is C10H17NO2. The molecule has 3 aliphatic carbocycles. The van der Waals surface area contributed by atoms with Gasteiger partial charge in [0, 0.05) is 0 Å². The first-order chi connectivity index (χ1) is 6.07. The number of nitrogens with zero attached hydrogens (tertiary/aromatic N) is 1. The van der Waals surface area contributed by atoms with Gasteiger partial charge in [-0.2, -0.15) is 0 Å². The van der Waals surface area contributed by atoms with Crippen LogP contribution in [0.4, 0.5) is 0 Å². The lowest BCUT2D eigenvalue weighted by atomic mass is 9.45. The molecule has 1 unspecified atom stereocenters. The maximum absolute atomic E-state index is 10.0. The summed E-state index contributed by atoms with van der Waals surface area (Å²) in [6.45, 7) is 6.83. The summed E-state index contributed by atoms with van der Waals surface area (Å²) in [5.41, 5.74) is 0.460. The van der Waals surface area contributed by atoms with E-state index in [1.165, 1.54) is 6.42 Å². The monoisotopic (exact) mass is 183 g/mol. The van der Waals surface area contributed by atoms with Crippen LogP contribution in [-0.2, 0) is 4.84 Å². The van der Waals surface area contributed by atoms with Gasteiger partial charge in [0.2, 0.25) is 0 Å². The normalized spacial score (nSPS) is 46.4. The van der Waals surface area contributed by atoms with Gasteiger partial charge < -0.3 is 4.84 Å². The minimum absolute atomic E-state index is 0.0780. The van der Waals surface area contributed by atoms with Crippen LogP contribution in [0.5, 0.6) is 0 Å². The molecule has 74 valence electrons. The van der Waals surface area contributed by atoms with Gasteiger partial charge in [0.05, 0.1) is 0 Å². The smallest absolute Gasteiger partial charge is 0.155 e. The van der Waals surface area contributed by atoms with Crippen molar-refractivity contribution >= 4 is 0 Å². The molecule has 0 amide bonds. The molecule has 13 heavy (non-hydrogen) atoms. The van der Waals surface area contributed by atoms with Crippen molar-refractivity contribution in [1.82, 2.24) is 0 Å². The molecule has 3 heteroatoms. The number of fused-ring (bicyclic) bond motifs is 2. The number of hydrogen-bond acceptors (Lipinski definition) is 3. The van der Waals surface area contributed by atoms with Gasteiger partial charge in [-0.3, -0.25) is 0 Å². The van der Waals surface area contributed by atoms with Crippen molar-refractivity contribution < 1.29 is 4.84 Å². The zero-order chi connectivity index (χ0) is 9.64. The zero-order valence-electron chi connectivity index (χ0n) is 8.49. The molecule has 0 aliphatic heterocycles. The summed E-state index contributed by atoms with van der Waals surface area (Å²) in [4.78, 5) is 14.9. The van der Waals surface area contributed by atoms with E-state index in [0.29, 0.717) is 11.3 Å². The lowest BCUT2D eigenvalue weighted by molar-refractivity contribution is -0.172. The molecule has 0 saturated heterocycles. The van der Waals surface area contributed by atoms with E-state index in [1.54, 1.807) is 0 Å². The molecule has 0 aromatic carbocycles. The largest absolute Gasteiger partial charge is 0.360 e. The maximum atomic E-state index is 10.0. The van der Waals surface area contributed by atoms with Gasteiger partial charge in [0.25, 0.3) is 0 Å². The second-order valence-electron chi connectivity index (χ2n) is 5.17. The Morgan fingerprint density at radius 1 is 1.38 bits per heavy atom. The fourth-order valence-electron chi connectivity index (χ4n) is 3.30. The number of rotatable bonds is 2. The number of hydrogen-bond donors (Lipinski definition) is 0. The van der Waals surface area contributed by atoms with Crippen molar-refractivity contribution in [2.45, 2.75) is 39.7 Å². The Kier molecular flexibility index (Phi) is 1.86. The van der Waals surface area contributed by atoms with Crippen molar-refractivity contribution in [3.05, 3.63) is 4.91 Å². The van der Waals surface area contributed by atoms with Crippen LogP contribution >= 0.6 is 0 Å². The third-order valence-electron chi connectivity index (χ3n) is 4.46. The molecule has 2 bridgehead atoms. The van der Waals surface area contributed by atoms with E-state index in [1.807, 2.05) is 0 Å². The Morgan fingerprint density at radius 2 is 2.08 bits per heavy atom. The predicted octanol–water partition coefficient (Wildman–Crippen LogP) is 2.76. The van der Waals surface area contributed by atoms with Crippen molar-refractivity contribution in [3.63, 3.8) is 0 Å². The van der Waals surface area contributed by atoms with Gasteiger partial charge in [0.1, 0.15) is 6.10 Å². The van der Waals surface area contributed by atoms with E-state index < -0.39 is 0 Å². The van der Waals surface area contributed by atoms with Crippen LogP contribution in [0, 0.1) is 28.1 Å². The quantitative estimate of drug-likeness (QED) is 0.487. The molecule has 3 nitrogen and oxygen atoms in total. The predicted molar refractivity (Wildman–Crippen MR) is 49.8 cm³/mol. The summed E-state index contributed by atoms with van der Waals surface area (Å²) in [6, 6.07) is 0. The molecule has 0 aromatic heterocycles. The van der Waals surface area contributed by atoms with E-state index in [2.05, 4.69) is 26.1 Å². The Labute approximate surface area is 78.8 Å². The first-order valence-electron chi connectivity index (χ1n) is 5.06. The van der Waals surface area contributed by atoms with Crippen LogP contribution in [-0.4, -0.2) is 6.10 Å². The van der Waals surface area contributed by atoms with E-state index in [-0.39, 0.29) is 6.10 Å². The summed E-state index contributed by atoms with van der Waals surface area (Å²) in [5.74, 6) is 1.94. The van der Waals surface area contributed by atoms with Crippen molar-refractivity contribution in [3.8, 4) is 0 Å². The highest BCUT2D eigenvalue weighted by Gasteiger charge is 2.57. The van der Waals surface area contributed by atoms with Gasteiger partial charge in [0.15, 0.2) is 5.34 Å².